The van der Waals surface area contributed by atoms with Gasteiger partial charge in [0.05, 0.1) is 5.69 Å². The van der Waals surface area contributed by atoms with Gasteiger partial charge in [-0.25, -0.2) is 0 Å². The number of rotatable bonds is 3. The number of nitrogens with zero attached hydrogens (tertiary/aromatic N) is 2. The van der Waals surface area contributed by atoms with Gasteiger partial charge in [-0.15, -0.1) is 10.9 Å². The summed E-state index contributed by atoms with van der Waals surface area (Å²) in [5, 5.41) is 1.27. The molecule has 2 heterocycles. The first-order valence-corrected chi connectivity index (χ1v) is 10.4. The van der Waals surface area contributed by atoms with Gasteiger partial charge in [-0.3, -0.25) is 0 Å². The molecule has 0 N–H and O–H groups in total. The molecule has 0 bridgehead atoms. The van der Waals surface area contributed by atoms with E-state index in [4.69, 9.17) is 0 Å². The predicted molar refractivity (Wildman–Crippen MR) is 127 cm³/mol. The molecular formula is C27H21BN2. The minimum Gasteiger partial charge on any atom is -0.442 e. The minimum absolute atomic E-state index is 1.19. The smallest absolute Gasteiger partial charge is 0.435 e. The van der Waals surface area contributed by atoms with Crippen LogP contribution >= 0.6 is 0 Å². The van der Waals surface area contributed by atoms with Crippen LogP contribution in [0.1, 0.15) is 5.69 Å². The van der Waals surface area contributed by atoms with Gasteiger partial charge in [0.25, 0.3) is 0 Å². The molecule has 0 spiro atoms. The number of hydrogen-bond donors (Lipinski definition) is 0. The number of fused-ring (bicyclic) bond motifs is 3. The van der Waals surface area contributed by atoms with Crippen molar-refractivity contribution in [1.29, 1.82) is 0 Å². The van der Waals surface area contributed by atoms with Crippen molar-refractivity contribution >= 4 is 40.1 Å². The van der Waals surface area contributed by atoms with E-state index < -0.39 is 6.42 Å². The van der Waals surface area contributed by atoms with E-state index in [0.29, 0.717) is 0 Å². The van der Waals surface area contributed by atoms with Gasteiger partial charge in [-0.1, -0.05) is 97.1 Å². The molecule has 5 aromatic rings. The van der Waals surface area contributed by atoms with Crippen LogP contribution in [0.3, 0.4) is 0 Å². The Balaban J connectivity index is 1.80. The van der Waals surface area contributed by atoms with Crippen molar-refractivity contribution in [2.45, 2.75) is 0 Å². The van der Waals surface area contributed by atoms with Crippen molar-refractivity contribution in [3.8, 4) is 0 Å². The first-order chi connectivity index (χ1) is 14.9. The molecule has 1 aliphatic rings. The van der Waals surface area contributed by atoms with Gasteiger partial charge in [0, 0.05) is 17.6 Å². The first-order valence-electron chi connectivity index (χ1n) is 10.4. The maximum Gasteiger partial charge on any atom is 0.435 e. The Kier molecular flexibility index (Phi) is 3.75. The molecule has 0 fully saturated rings. The minimum atomic E-state index is -1.45. The summed E-state index contributed by atoms with van der Waals surface area (Å²) >= 11 is 0. The van der Waals surface area contributed by atoms with E-state index in [1.54, 1.807) is 0 Å². The van der Waals surface area contributed by atoms with Crippen LogP contribution < -0.4 is 10.9 Å². The molecule has 30 heavy (non-hydrogen) atoms. The topological polar surface area (TPSA) is 7.94 Å². The van der Waals surface area contributed by atoms with E-state index >= 15 is 0 Å². The largest absolute Gasteiger partial charge is 0.442 e. The molecule has 0 atom stereocenters. The summed E-state index contributed by atoms with van der Waals surface area (Å²) < 4.78 is 5.03. The second-order valence-corrected chi connectivity index (χ2v) is 7.97. The summed E-state index contributed by atoms with van der Waals surface area (Å²) in [4.78, 5) is 0. The van der Waals surface area contributed by atoms with Gasteiger partial charge in [0.2, 0.25) is 0 Å². The first kappa shape index (κ1) is 17.1. The molecule has 0 amide bonds. The van der Waals surface area contributed by atoms with Crippen LogP contribution in [-0.4, -0.2) is 21.6 Å². The van der Waals surface area contributed by atoms with Gasteiger partial charge in [0.15, 0.2) is 5.69 Å². The molecule has 1 aliphatic heterocycles. The van der Waals surface area contributed by atoms with Crippen LogP contribution in [0, 0.1) is 0 Å². The maximum absolute atomic E-state index is 2.55. The zero-order chi connectivity index (χ0) is 20.0. The zero-order valence-electron chi connectivity index (χ0n) is 16.6. The quantitative estimate of drug-likeness (QED) is 0.404. The van der Waals surface area contributed by atoms with E-state index in [1.807, 2.05) is 0 Å². The lowest BCUT2D eigenvalue weighted by Gasteiger charge is -2.37. The molecule has 0 radical (unpaired) electrons. The Hall–Kier alpha value is -3.85. The summed E-state index contributed by atoms with van der Waals surface area (Å²) in [6, 6.07) is 43.6. The predicted octanol–water partition coefficient (Wildman–Crippen LogP) is 4.52. The molecule has 1 aromatic heterocycles. The van der Waals surface area contributed by atoms with E-state index in [9.17, 15) is 0 Å². The van der Waals surface area contributed by atoms with Crippen LogP contribution in [0.15, 0.2) is 121 Å². The van der Waals surface area contributed by atoms with Crippen molar-refractivity contribution in [1.82, 2.24) is 4.48 Å². The summed E-state index contributed by atoms with van der Waals surface area (Å²) in [7, 11) is 0. The molecule has 4 aromatic carbocycles. The van der Waals surface area contributed by atoms with Gasteiger partial charge >= 0.3 is 6.42 Å². The van der Waals surface area contributed by atoms with Crippen molar-refractivity contribution in [3.63, 3.8) is 0 Å². The average molecular weight is 384 g/mol. The number of aromatic nitrogens is 1. The van der Waals surface area contributed by atoms with Crippen LogP contribution in [0.25, 0.3) is 10.9 Å². The average Bonchev–Trinajstić information content (AvgIpc) is 3.36. The van der Waals surface area contributed by atoms with Crippen LogP contribution in [-0.2, 0) is 0 Å². The monoisotopic (exact) mass is 384 g/mol. The highest BCUT2D eigenvalue weighted by molar-refractivity contribution is 6.96. The fourth-order valence-electron chi connectivity index (χ4n) is 5.23. The fraction of sp³-hybridized carbons (Fsp3) is 0. The lowest BCUT2D eigenvalue weighted by atomic mass is 9.36. The number of benzene rings is 4. The Morgan fingerprint density at radius 1 is 0.567 bits per heavy atom. The number of para-hydroxylation sites is 2. The van der Waals surface area contributed by atoms with Gasteiger partial charge < -0.3 is 8.96 Å². The molecule has 0 aliphatic carbocycles. The Labute approximate surface area is 176 Å². The van der Waals surface area contributed by atoms with E-state index in [2.05, 4.69) is 137 Å². The molecule has 2 nitrogen and oxygen atoms in total. The van der Waals surface area contributed by atoms with Crippen molar-refractivity contribution in [3.05, 3.63) is 127 Å². The van der Waals surface area contributed by atoms with E-state index in [-0.39, 0.29) is 0 Å². The van der Waals surface area contributed by atoms with E-state index in [0.717, 1.165) is 0 Å². The molecule has 0 unspecified atom stereocenters. The Morgan fingerprint density at radius 3 is 1.73 bits per heavy atom. The normalized spacial score (nSPS) is 14.5. The summed E-state index contributed by atoms with van der Waals surface area (Å²) in [5.74, 6) is 0. The number of hydrogen-bond acceptors (Lipinski definition) is 0. The third-order valence-electron chi connectivity index (χ3n) is 6.41. The van der Waals surface area contributed by atoms with Gasteiger partial charge in [-0.05, 0) is 17.5 Å². The SMILES string of the molecule is C1=[N+](c2ccccc2)[B-](c2ccccc2)(c2ccccc2)n2c1cc1ccccc12. The van der Waals surface area contributed by atoms with Crippen LogP contribution in [0.2, 0.25) is 0 Å². The summed E-state index contributed by atoms with van der Waals surface area (Å²) in [6.45, 7) is 0. The highest BCUT2D eigenvalue weighted by atomic mass is 15.2. The molecular weight excluding hydrogens is 363 g/mol. The third kappa shape index (κ3) is 2.29. The van der Waals surface area contributed by atoms with Crippen LogP contribution in [0.5, 0.6) is 0 Å². The van der Waals surface area contributed by atoms with Crippen LogP contribution in [0.4, 0.5) is 5.69 Å². The van der Waals surface area contributed by atoms with Gasteiger partial charge in [0.1, 0.15) is 6.21 Å². The zero-order valence-corrected chi connectivity index (χ0v) is 16.6. The molecule has 0 saturated heterocycles. The van der Waals surface area contributed by atoms with Crippen molar-refractivity contribution in [2.75, 3.05) is 0 Å². The third-order valence-corrected chi connectivity index (χ3v) is 6.41. The summed E-state index contributed by atoms with van der Waals surface area (Å²) in [5.41, 5.74) is 6.27. The highest BCUT2D eigenvalue weighted by Crippen LogP contribution is 2.31. The van der Waals surface area contributed by atoms with E-state index in [1.165, 1.54) is 33.2 Å². The standard InChI is InChI=1S/C27H21BN2/c1-4-13-23(14-5-1)28(24-15-6-2-7-16-24)29(25-17-8-3-9-18-25)21-26-20-22-12-10-11-19-27(22)30(26)28/h1-21H. The summed E-state index contributed by atoms with van der Waals surface area (Å²) in [6.07, 6.45) is 0.866. The fourth-order valence-corrected chi connectivity index (χ4v) is 5.23. The van der Waals surface area contributed by atoms with Crippen molar-refractivity contribution < 1.29 is 4.49 Å². The van der Waals surface area contributed by atoms with Gasteiger partial charge in [-0.2, -0.15) is 0 Å². The van der Waals surface area contributed by atoms with Crippen molar-refractivity contribution in [2.24, 2.45) is 0 Å². The lowest BCUT2D eigenvalue weighted by molar-refractivity contribution is -0.283. The Morgan fingerprint density at radius 2 is 1.10 bits per heavy atom. The molecule has 6 rings (SSSR count). The second-order valence-electron chi connectivity index (χ2n) is 7.97. The second kappa shape index (κ2) is 6.60. The maximum atomic E-state index is 2.55. The lowest BCUT2D eigenvalue weighted by Crippen LogP contribution is -2.68. The Bertz CT molecular complexity index is 1330. The molecule has 142 valence electrons. The molecule has 3 heteroatoms. The highest BCUT2D eigenvalue weighted by Gasteiger charge is 2.50. The molecule has 0 saturated carbocycles.